The first-order valence-corrected chi connectivity index (χ1v) is 6.86. The van der Waals surface area contributed by atoms with E-state index in [1.54, 1.807) is 6.20 Å². The van der Waals surface area contributed by atoms with Gasteiger partial charge in [0.2, 0.25) is 0 Å². The number of nitrogens with one attached hydrogen (secondary N) is 1. The minimum absolute atomic E-state index is 0.0126. The Kier molecular flexibility index (Phi) is 2.90. The van der Waals surface area contributed by atoms with Crippen molar-refractivity contribution in [1.82, 2.24) is 4.98 Å². The van der Waals surface area contributed by atoms with Gasteiger partial charge in [0.1, 0.15) is 5.82 Å². The Balaban J connectivity index is 2.01. The zero-order valence-electron chi connectivity index (χ0n) is 8.39. The second-order valence-corrected chi connectivity index (χ2v) is 6.04. The minimum atomic E-state index is -2.84. The molecule has 1 N–H and O–H groups in total. The molecule has 0 radical (unpaired) electrons. The molecule has 0 spiro atoms. The summed E-state index contributed by atoms with van der Waals surface area (Å²) in [6, 6.07) is 5.58. The summed E-state index contributed by atoms with van der Waals surface area (Å²) in [5, 5.41) is 3.15. The van der Waals surface area contributed by atoms with Crippen molar-refractivity contribution in [1.29, 1.82) is 0 Å². The largest absolute Gasteiger partial charge is 0.366 e. The summed E-state index contributed by atoms with van der Waals surface area (Å²) in [5.74, 6) is 1.30. The molecule has 1 aliphatic heterocycles. The van der Waals surface area contributed by atoms with Crippen molar-refractivity contribution in [2.45, 2.75) is 18.9 Å². The molecule has 0 amide bonds. The van der Waals surface area contributed by atoms with Gasteiger partial charge in [0.15, 0.2) is 9.84 Å². The predicted molar refractivity (Wildman–Crippen MR) is 59.5 cm³/mol. The lowest BCUT2D eigenvalue weighted by atomic mass is 10.2. The fourth-order valence-corrected chi connectivity index (χ4v) is 3.43. The molecular weight excluding hydrogens is 212 g/mol. The van der Waals surface area contributed by atoms with Crippen molar-refractivity contribution in [3.8, 4) is 0 Å². The van der Waals surface area contributed by atoms with Crippen LogP contribution in [0.15, 0.2) is 24.4 Å². The predicted octanol–water partition coefficient (Wildman–Crippen LogP) is 1.07. The fraction of sp³-hybridized carbons (Fsp3) is 0.500. The summed E-state index contributed by atoms with van der Waals surface area (Å²) < 4.78 is 22.8. The van der Waals surface area contributed by atoms with Crippen LogP contribution in [-0.2, 0) is 9.84 Å². The van der Waals surface area contributed by atoms with Crippen molar-refractivity contribution < 1.29 is 8.42 Å². The first kappa shape index (κ1) is 10.4. The summed E-state index contributed by atoms with van der Waals surface area (Å²) in [6.07, 6.45) is 3.34. The lowest BCUT2D eigenvalue weighted by Gasteiger charge is -2.23. The maximum atomic E-state index is 11.4. The standard InChI is InChI=1S/C10H14N2O2S/c13-15(14)7-3-4-9(8-15)12-10-5-1-2-6-11-10/h1-2,5-6,9H,3-4,7-8H2,(H,11,12). The third-order valence-electron chi connectivity index (χ3n) is 2.48. The Hall–Kier alpha value is -1.10. The average Bonchev–Trinajstić information content (AvgIpc) is 2.17. The molecule has 1 saturated heterocycles. The number of hydrogen-bond donors (Lipinski definition) is 1. The highest BCUT2D eigenvalue weighted by Gasteiger charge is 2.24. The van der Waals surface area contributed by atoms with Gasteiger partial charge >= 0.3 is 0 Å². The molecule has 4 nitrogen and oxygen atoms in total. The van der Waals surface area contributed by atoms with E-state index in [-0.39, 0.29) is 11.8 Å². The van der Waals surface area contributed by atoms with E-state index >= 15 is 0 Å². The van der Waals surface area contributed by atoms with Crippen molar-refractivity contribution in [2.75, 3.05) is 16.8 Å². The van der Waals surface area contributed by atoms with Gasteiger partial charge in [-0.1, -0.05) is 6.07 Å². The molecule has 1 atom stereocenters. The zero-order chi connectivity index (χ0) is 10.7. The molecule has 1 unspecified atom stereocenters. The van der Waals surface area contributed by atoms with Crippen molar-refractivity contribution in [3.63, 3.8) is 0 Å². The highest BCUT2D eigenvalue weighted by atomic mass is 32.2. The number of pyridine rings is 1. The number of aromatic nitrogens is 1. The van der Waals surface area contributed by atoms with E-state index in [4.69, 9.17) is 0 Å². The minimum Gasteiger partial charge on any atom is -0.366 e. The van der Waals surface area contributed by atoms with E-state index in [1.165, 1.54) is 0 Å². The van der Waals surface area contributed by atoms with Crippen molar-refractivity contribution in [3.05, 3.63) is 24.4 Å². The van der Waals surface area contributed by atoms with Gasteiger partial charge in [0, 0.05) is 12.2 Å². The Morgan fingerprint density at radius 1 is 1.40 bits per heavy atom. The maximum absolute atomic E-state index is 11.4. The number of hydrogen-bond acceptors (Lipinski definition) is 4. The van der Waals surface area contributed by atoms with Gasteiger partial charge in [-0.05, 0) is 25.0 Å². The van der Waals surface area contributed by atoms with Crippen LogP contribution in [0.5, 0.6) is 0 Å². The second kappa shape index (κ2) is 4.18. The highest BCUT2D eigenvalue weighted by Crippen LogP contribution is 2.15. The van der Waals surface area contributed by atoms with E-state index in [0.717, 1.165) is 18.7 Å². The normalized spacial score (nSPS) is 24.7. The van der Waals surface area contributed by atoms with Gasteiger partial charge in [-0.2, -0.15) is 0 Å². The van der Waals surface area contributed by atoms with Crippen molar-refractivity contribution in [2.24, 2.45) is 0 Å². The summed E-state index contributed by atoms with van der Waals surface area (Å²) in [6.45, 7) is 0. The van der Waals surface area contributed by atoms with Gasteiger partial charge in [-0.15, -0.1) is 0 Å². The molecule has 0 bridgehead atoms. The summed E-state index contributed by atoms with van der Waals surface area (Å²) >= 11 is 0. The number of rotatable bonds is 2. The Bertz CT molecular complexity index is 416. The molecular formula is C10H14N2O2S. The molecule has 2 heterocycles. The van der Waals surface area contributed by atoms with Gasteiger partial charge < -0.3 is 5.32 Å². The lowest BCUT2D eigenvalue weighted by Crippen LogP contribution is -2.35. The number of sulfone groups is 1. The lowest BCUT2D eigenvalue weighted by molar-refractivity contribution is 0.561. The Labute approximate surface area is 89.6 Å². The van der Waals surface area contributed by atoms with E-state index in [1.807, 2.05) is 18.2 Å². The van der Waals surface area contributed by atoms with E-state index < -0.39 is 9.84 Å². The number of nitrogens with zero attached hydrogens (tertiary/aromatic N) is 1. The molecule has 1 fully saturated rings. The fourth-order valence-electron chi connectivity index (χ4n) is 1.79. The maximum Gasteiger partial charge on any atom is 0.152 e. The zero-order valence-corrected chi connectivity index (χ0v) is 9.20. The highest BCUT2D eigenvalue weighted by molar-refractivity contribution is 7.91. The van der Waals surface area contributed by atoms with Crippen molar-refractivity contribution >= 4 is 15.7 Å². The Morgan fingerprint density at radius 3 is 2.93 bits per heavy atom. The molecule has 5 heteroatoms. The van der Waals surface area contributed by atoms with Gasteiger partial charge in [0.05, 0.1) is 11.5 Å². The first-order chi connectivity index (χ1) is 7.16. The topological polar surface area (TPSA) is 59.1 Å². The molecule has 1 aromatic heterocycles. The van der Waals surface area contributed by atoms with Crippen LogP contribution in [0.4, 0.5) is 5.82 Å². The SMILES string of the molecule is O=S1(=O)CCCC(Nc2ccccn2)C1. The van der Waals surface area contributed by atoms with Crippen LogP contribution in [0, 0.1) is 0 Å². The summed E-state index contributed by atoms with van der Waals surface area (Å²) in [4.78, 5) is 4.11. The molecule has 0 aromatic carbocycles. The molecule has 2 rings (SSSR count). The third kappa shape index (κ3) is 2.92. The van der Waals surface area contributed by atoms with E-state index in [2.05, 4.69) is 10.3 Å². The van der Waals surface area contributed by atoms with Crippen LogP contribution < -0.4 is 5.32 Å². The Morgan fingerprint density at radius 2 is 2.27 bits per heavy atom. The van der Waals surface area contributed by atoms with Gasteiger partial charge in [0.25, 0.3) is 0 Å². The third-order valence-corrected chi connectivity index (χ3v) is 4.30. The number of anilines is 1. The van der Waals surface area contributed by atoms with Crippen LogP contribution >= 0.6 is 0 Å². The van der Waals surface area contributed by atoms with E-state index in [9.17, 15) is 8.42 Å². The molecule has 0 saturated carbocycles. The van der Waals surface area contributed by atoms with Gasteiger partial charge in [-0.3, -0.25) is 0 Å². The smallest absolute Gasteiger partial charge is 0.152 e. The summed E-state index contributed by atoms with van der Waals surface area (Å²) in [7, 11) is -2.84. The molecule has 1 aromatic rings. The quantitative estimate of drug-likeness (QED) is 0.819. The molecule has 15 heavy (non-hydrogen) atoms. The average molecular weight is 226 g/mol. The van der Waals surface area contributed by atoms with Crippen LogP contribution in [0.2, 0.25) is 0 Å². The molecule has 82 valence electrons. The molecule has 1 aliphatic rings. The second-order valence-electron chi connectivity index (χ2n) is 3.81. The van der Waals surface area contributed by atoms with Crippen LogP contribution in [-0.4, -0.2) is 30.9 Å². The van der Waals surface area contributed by atoms with Crippen LogP contribution in [0.1, 0.15) is 12.8 Å². The van der Waals surface area contributed by atoms with Crippen LogP contribution in [0.25, 0.3) is 0 Å². The monoisotopic (exact) mass is 226 g/mol. The van der Waals surface area contributed by atoms with E-state index in [0.29, 0.717) is 5.75 Å². The van der Waals surface area contributed by atoms with Crippen LogP contribution in [0.3, 0.4) is 0 Å². The van der Waals surface area contributed by atoms with Gasteiger partial charge in [-0.25, -0.2) is 13.4 Å². The summed E-state index contributed by atoms with van der Waals surface area (Å²) in [5.41, 5.74) is 0. The molecule has 0 aliphatic carbocycles. The first-order valence-electron chi connectivity index (χ1n) is 5.04.